The molecule has 0 fully saturated rings. The minimum absolute atomic E-state index is 0.530. The molecule has 2 nitrogen and oxygen atoms in total. The molecular formula is C10H9Cl2NO. The van der Waals surface area contributed by atoms with Crippen molar-refractivity contribution in [2.24, 2.45) is 0 Å². The van der Waals surface area contributed by atoms with Gasteiger partial charge >= 0.3 is 0 Å². The Morgan fingerprint density at radius 1 is 1.29 bits per heavy atom. The molecule has 0 bridgehead atoms. The molecule has 1 aromatic heterocycles. The van der Waals surface area contributed by atoms with Gasteiger partial charge in [0.05, 0.1) is 16.6 Å². The summed E-state index contributed by atoms with van der Waals surface area (Å²) in [6.07, 6.45) is -0.530. The van der Waals surface area contributed by atoms with E-state index in [0.29, 0.717) is 10.0 Å². The van der Waals surface area contributed by atoms with Gasteiger partial charge in [-0.1, -0.05) is 23.2 Å². The molecule has 2 rings (SSSR count). The molecule has 0 saturated heterocycles. The Morgan fingerprint density at radius 3 is 2.64 bits per heavy atom. The van der Waals surface area contributed by atoms with Crippen molar-refractivity contribution in [3.8, 4) is 0 Å². The second-order valence-electron chi connectivity index (χ2n) is 3.25. The highest BCUT2D eigenvalue weighted by molar-refractivity contribution is 6.38. The lowest BCUT2D eigenvalue weighted by molar-refractivity contribution is 0.195. The molecule has 2 aromatic rings. The summed E-state index contributed by atoms with van der Waals surface area (Å²) >= 11 is 11.8. The van der Waals surface area contributed by atoms with Crippen LogP contribution in [0.15, 0.2) is 18.2 Å². The molecule has 1 unspecified atom stereocenters. The Balaban J connectivity index is 2.70. The number of hydrogen-bond donors (Lipinski definition) is 2. The van der Waals surface area contributed by atoms with Gasteiger partial charge in [-0.25, -0.2) is 0 Å². The maximum atomic E-state index is 9.38. The van der Waals surface area contributed by atoms with Crippen LogP contribution in [-0.2, 0) is 0 Å². The summed E-state index contributed by atoms with van der Waals surface area (Å²) in [4.78, 5) is 3.05. The normalized spacial score (nSPS) is 13.4. The van der Waals surface area contributed by atoms with Crippen LogP contribution >= 0.6 is 23.2 Å². The number of halogens is 2. The molecule has 0 spiro atoms. The van der Waals surface area contributed by atoms with Crippen molar-refractivity contribution in [1.29, 1.82) is 0 Å². The Bertz CT molecular complexity index is 476. The monoisotopic (exact) mass is 229 g/mol. The van der Waals surface area contributed by atoms with Crippen LogP contribution in [0.5, 0.6) is 0 Å². The zero-order chi connectivity index (χ0) is 10.3. The Labute approximate surface area is 91.5 Å². The van der Waals surface area contributed by atoms with Crippen LogP contribution in [0.1, 0.15) is 18.7 Å². The highest BCUT2D eigenvalue weighted by atomic mass is 35.5. The van der Waals surface area contributed by atoms with E-state index in [2.05, 4.69) is 4.98 Å². The number of H-pyrrole nitrogens is 1. The molecule has 0 radical (unpaired) electrons. The Hall–Kier alpha value is -0.700. The third-order valence-corrected chi connectivity index (χ3v) is 2.63. The van der Waals surface area contributed by atoms with E-state index in [9.17, 15) is 5.11 Å². The summed E-state index contributed by atoms with van der Waals surface area (Å²) in [7, 11) is 0. The van der Waals surface area contributed by atoms with E-state index in [0.717, 1.165) is 16.6 Å². The topological polar surface area (TPSA) is 36.0 Å². The first-order valence-corrected chi connectivity index (χ1v) is 4.99. The first-order chi connectivity index (χ1) is 6.58. The number of fused-ring (bicyclic) bond motifs is 1. The number of hydrogen-bond acceptors (Lipinski definition) is 1. The molecule has 1 aromatic carbocycles. The first kappa shape index (κ1) is 9.84. The molecule has 0 amide bonds. The Kier molecular flexibility index (Phi) is 2.43. The van der Waals surface area contributed by atoms with Crippen molar-refractivity contribution < 1.29 is 5.11 Å². The van der Waals surface area contributed by atoms with Crippen LogP contribution in [0.4, 0.5) is 0 Å². The van der Waals surface area contributed by atoms with Gasteiger partial charge in [0.2, 0.25) is 0 Å². The van der Waals surface area contributed by atoms with Gasteiger partial charge in [0, 0.05) is 16.1 Å². The fraction of sp³-hybridized carbons (Fsp3) is 0.200. The lowest BCUT2D eigenvalue weighted by Crippen LogP contribution is -1.89. The average molecular weight is 230 g/mol. The van der Waals surface area contributed by atoms with Gasteiger partial charge in [-0.15, -0.1) is 0 Å². The summed E-state index contributed by atoms with van der Waals surface area (Å²) in [6, 6.07) is 5.33. The third kappa shape index (κ3) is 1.61. The summed E-state index contributed by atoms with van der Waals surface area (Å²) in [5, 5.41) is 11.5. The van der Waals surface area contributed by atoms with Gasteiger partial charge in [-0.3, -0.25) is 0 Å². The second kappa shape index (κ2) is 3.46. The molecule has 14 heavy (non-hydrogen) atoms. The molecule has 0 aliphatic heterocycles. The maximum Gasteiger partial charge on any atom is 0.0910 e. The summed E-state index contributed by atoms with van der Waals surface area (Å²) in [5.41, 5.74) is 1.55. The molecule has 2 N–H and O–H groups in total. The number of nitrogens with one attached hydrogen (secondary N) is 1. The van der Waals surface area contributed by atoms with E-state index in [-0.39, 0.29) is 0 Å². The fourth-order valence-electron chi connectivity index (χ4n) is 1.41. The molecule has 0 aliphatic rings. The van der Waals surface area contributed by atoms with Gasteiger partial charge < -0.3 is 10.1 Å². The van der Waals surface area contributed by atoms with E-state index in [1.807, 2.05) is 12.1 Å². The number of benzene rings is 1. The third-order valence-electron chi connectivity index (χ3n) is 2.12. The van der Waals surface area contributed by atoms with Crippen molar-refractivity contribution >= 4 is 34.1 Å². The van der Waals surface area contributed by atoms with Gasteiger partial charge in [-0.05, 0) is 25.1 Å². The maximum absolute atomic E-state index is 9.38. The van der Waals surface area contributed by atoms with Crippen molar-refractivity contribution in [2.75, 3.05) is 0 Å². The van der Waals surface area contributed by atoms with Crippen LogP contribution in [0.2, 0.25) is 10.0 Å². The van der Waals surface area contributed by atoms with Crippen molar-refractivity contribution in [1.82, 2.24) is 4.98 Å². The molecule has 0 saturated carbocycles. The van der Waals surface area contributed by atoms with Crippen molar-refractivity contribution in [2.45, 2.75) is 13.0 Å². The number of aliphatic hydroxyl groups is 1. The highest BCUT2D eigenvalue weighted by Gasteiger charge is 2.08. The zero-order valence-corrected chi connectivity index (χ0v) is 9.02. The molecule has 1 heterocycles. The molecular weight excluding hydrogens is 221 g/mol. The quantitative estimate of drug-likeness (QED) is 0.772. The van der Waals surface area contributed by atoms with Gasteiger partial charge in [0.15, 0.2) is 0 Å². The summed E-state index contributed by atoms with van der Waals surface area (Å²) < 4.78 is 0. The molecule has 4 heteroatoms. The lowest BCUT2D eigenvalue weighted by Gasteiger charge is -1.97. The Morgan fingerprint density at radius 2 is 2.00 bits per heavy atom. The van der Waals surface area contributed by atoms with E-state index in [1.54, 1.807) is 13.0 Å². The van der Waals surface area contributed by atoms with Crippen LogP contribution in [0.3, 0.4) is 0 Å². The SMILES string of the molecule is CC(O)c1cc2cc(Cl)cc(Cl)c2[nH]1. The van der Waals surface area contributed by atoms with E-state index < -0.39 is 6.10 Å². The van der Waals surface area contributed by atoms with Crippen LogP contribution < -0.4 is 0 Å². The van der Waals surface area contributed by atoms with E-state index >= 15 is 0 Å². The minimum Gasteiger partial charge on any atom is -0.387 e. The highest BCUT2D eigenvalue weighted by Crippen LogP contribution is 2.29. The fourth-order valence-corrected chi connectivity index (χ4v) is 1.97. The van der Waals surface area contributed by atoms with Crippen molar-refractivity contribution in [3.05, 3.63) is 33.9 Å². The van der Waals surface area contributed by atoms with Gasteiger partial charge in [0.25, 0.3) is 0 Å². The van der Waals surface area contributed by atoms with Crippen LogP contribution in [0.25, 0.3) is 10.9 Å². The molecule has 0 aliphatic carbocycles. The predicted molar refractivity (Wildman–Crippen MR) is 59.0 cm³/mol. The number of aromatic nitrogens is 1. The van der Waals surface area contributed by atoms with Crippen molar-refractivity contribution in [3.63, 3.8) is 0 Å². The number of aromatic amines is 1. The van der Waals surface area contributed by atoms with Gasteiger partial charge in [-0.2, -0.15) is 0 Å². The number of aliphatic hydroxyl groups excluding tert-OH is 1. The smallest absolute Gasteiger partial charge is 0.0910 e. The summed E-state index contributed by atoms with van der Waals surface area (Å²) in [6.45, 7) is 1.69. The molecule has 74 valence electrons. The molecule has 1 atom stereocenters. The van der Waals surface area contributed by atoms with E-state index in [4.69, 9.17) is 23.2 Å². The lowest BCUT2D eigenvalue weighted by atomic mass is 10.2. The first-order valence-electron chi connectivity index (χ1n) is 4.23. The largest absolute Gasteiger partial charge is 0.387 e. The zero-order valence-electron chi connectivity index (χ0n) is 7.51. The van der Waals surface area contributed by atoms with Gasteiger partial charge in [0.1, 0.15) is 0 Å². The minimum atomic E-state index is -0.530. The average Bonchev–Trinajstić information content (AvgIpc) is 2.47. The van der Waals surface area contributed by atoms with Crippen LogP contribution in [0, 0.1) is 0 Å². The van der Waals surface area contributed by atoms with E-state index in [1.165, 1.54) is 0 Å². The number of rotatable bonds is 1. The standard InChI is InChI=1S/C10H9Cl2NO/c1-5(14)9-3-6-2-7(11)4-8(12)10(6)13-9/h2-5,13-14H,1H3. The predicted octanol–water partition coefficient (Wildman–Crippen LogP) is 3.53. The second-order valence-corrected chi connectivity index (χ2v) is 4.10. The van der Waals surface area contributed by atoms with Crippen LogP contribution in [-0.4, -0.2) is 10.1 Å². The summed E-state index contributed by atoms with van der Waals surface area (Å²) in [5.74, 6) is 0.